The third-order valence-electron chi connectivity index (χ3n) is 4.07. The van der Waals surface area contributed by atoms with Crippen LogP contribution in [0.15, 0.2) is 54.2 Å². The van der Waals surface area contributed by atoms with Gasteiger partial charge in [-0.2, -0.15) is 5.26 Å². The minimum Gasteiger partial charge on any atom is -0.484 e. The zero-order valence-electron chi connectivity index (χ0n) is 17.7. The van der Waals surface area contributed by atoms with Crippen molar-refractivity contribution in [3.8, 4) is 11.8 Å². The van der Waals surface area contributed by atoms with Crippen LogP contribution in [-0.4, -0.2) is 31.1 Å². The largest absolute Gasteiger partial charge is 0.484 e. The van der Waals surface area contributed by atoms with Gasteiger partial charge in [0.25, 0.3) is 5.91 Å². The number of nitrogens with zero attached hydrogens (tertiary/aromatic N) is 1. The fourth-order valence-electron chi connectivity index (χ4n) is 2.66. The minimum absolute atomic E-state index is 0.0312. The first-order valence-electron chi connectivity index (χ1n) is 9.69. The molecule has 9 heteroatoms. The van der Waals surface area contributed by atoms with Gasteiger partial charge in [-0.15, -0.1) is 0 Å². The number of nitriles is 1. The predicted molar refractivity (Wildman–Crippen MR) is 117 cm³/mol. The summed E-state index contributed by atoms with van der Waals surface area (Å²) in [6, 6.07) is 12.5. The van der Waals surface area contributed by atoms with Crippen molar-refractivity contribution in [1.29, 1.82) is 5.26 Å². The Morgan fingerprint density at radius 2 is 1.91 bits per heavy atom. The minimum atomic E-state index is -0.633. The van der Waals surface area contributed by atoms with Crippen LogP contribution in [0.5, 0.6) is 5.75 Å². The Kier molecular flexibility index (Phi) is 9.67. The molecule has 0 radical (unpaired) electrons. The van der Waals surface area contributed by atoms with Crippen molar-refractivity contribution in [3.63, 3.8) is 0 Å². The molecule has 0 saturated heterocycles. The number of ether oxygens (including phenoxy) is 2. The van der Waals surface area contributed by atoms with Crippen LogP contribution in [-0.2, 0) is 20.9 Å². The number of benzene rings is 2. The molecular weight excluding hydrogens is 437 g/mol. The number of halogens is 2. The summed E-state index contributed by atoms with van der Waals surface area (Å²) in [5, 5.41) is 14.1. The van der Waals surface area contributed by atoms with E-state index in [-0.39, 0.29) is 42.5 Å². The van der Waals surface area contributed by atoms with Crippen molar-refractivity contribution in [1.82, 2.24) is 10.6 Å². The van der Waals surface area contributed by atoms with Gasteiger partial charge in [0.1, 0.15) is 18.2 Å². The lowest BCUT2D eigenvalue weighted by molar-refractivity contribution is -0.126. The van der Waals surface area contributed by atoms with E-state index in [2.05, 4.69) is 10.6 Å². The summed E-state index contributed by atoms with van der Waals surface area (Å²) in [4.78, 5) is 24.0. The van der Waals surface area contributed by atoms with Crippen molar-refractivity contribution in [2.45, 2.75) is 26.5 Å². The molecule has 2 N–H and O–H groups in total. The first-order chi connectivity index (χ1) is 15.3. The molecule has 2 aromatic carbocycles. The van der Waals surface area contributed by atoms with Gasteiger partial charge in [0.2, 0.25) is 5.91 Å². The van der Waals surface area contributed by atoms with E-state index in [1.807, 2.05) is 6.07 Å². The second-order valence-corrected chi connectivity index (χ2v) is 7.33. The number of amides is 2. The highest BCUT2D eigenvalue weighted by molar-refractivity contribution is 6.30. The molecule has 0 aliphatic heterocycles. The highest BCUT2D eigenvalue weighted by Gasteiger charge is 2.09. The van der Waals surface area contributed by atoms with Crippen molar-refractivity contribution < 1.29 is 23.5 Å². The van der Waals surface area contributed by atoms with E-state index in [4.69, 9.17) is 26.3 Å². The van der Waals surface area contributed by atoms with Gasteiger partial charge >= 0.3 is 0 Å². The maximum Gasteiger partial charge on any atom is 0.262 e. The fourth-order valence-corrected chi connectivity index (χ4v) is 2.78. The van der Waals surface area contributed by atoms with Crippen molar-refractivity contribution in [3.05, 3.63) is 76.2 Å². The summed E-state index contributed by atoms with van der Waals surface area (Å²) in [6.45, 7) is 3.23. The number of rotatable bonds is 10. The molecule has 0 aromatic heterocycles. The van der Waals surface area contributed by atoms with Gasteiger partial charge in [-0.1, -0.05) is 23.7 Å². The van der Waals surface area contributed by atoms with Crippen molar-refractivity contribution in [2.75, 3.05) is 13.2 Å². The zero-order valence-corrected chi connectivity index (χ0v) is 18.4. The molecule has 1 unspecified atom stereocenters. The van der Waals surface area contributed by atoms with Crippen LogP contribution in [0.3, 0.4) is 0 Å². The number of hydrogen-bond acceptors (Lipinski definition) is 5. The molecule has 7 nitrogen and oxygen atoms in total. The van der Waals surface area contributed by atoms with Crippen LogP contribution in [0.2, 0.25) is 5.02 Å². The Labute approximate surface area is 190 Å². The van der Waals surface area contributed by atoms with Crippen LogP contribution in [0.25, 0.3) is 0 Å². The molecule has 2 amide bonds. The number of allylic oxidation sites excluding steroid dienone is 1. The first kappa shape index (κ1) is 24.9. The standard InChI is InChI=1S/C23H23ClFN3O4/c1-15(27-22(29)13-31-12-18-5-3-17(11-26)4-6-18)9-16(2)28-23(30)14-32-19-7-8-20(24)21(25)10-19/h3-10,15H,12-14H2,1-2H3,(H,27,29)(H,28,30)/b16-9+. The van der Waals surface area contributed by atoms with Crippen LogP contribution < -0.4 is 15.4 Å². The van der Waals surface area contributed by atoms with E-state index in [0.717, 1.165) is 11.6 Å². The van der Waals surface area contributed by atoms with E-state index in [1.165, 1.54) is 12.1 Å². The number of nitrogens with one attached hydrogen (secondary N) is 2. The van der Waals surface area contributed by atoms with Crippen LogP contribution >= 0.6 is 11.6 Å². The lowest BCUT2D eigenvalue weighted by atomic mass is 10.2. The molecule has 0 spiro atoms. The molecular formula is C23H23ClFN3O4. The normalized spacial score (nSPS) is 11.9. The summed E-state index contributed by atoms with van der Waals surface area (Å²) >= 11 is 5.60. The molecule has 0 fully saturated rings. The highest BCUT2D eigenvalue weighted by atomic mass is 35.5. The van der Waals surface area contributed by atoms with Crippen LogP contribution in [0, 0.1) is 17.1 Å². The van der Waals surface area contributed by atoms with Gasteiger partial charge in [-0.05, 0) is 49.8 Å². The van der Waals surface area contributed by atoms with Gasteiger partial charge in [0, 0.05) is 17.8 Å². The Hall–Kier alpha value is -3.41. The van der Waals surface area contributed by atoms with E-state index >= 15 is 0 Å². The smallest absolute Gasteiger partial charge is 0.262 e. The second-order valence-electron chi connectivity index (χ2n) is 6.92. The average molecular weight is 460 g/mol. The third-order valence-corrected chi connectivity index (χ3v) is 4.38. The van der Waals surface area contributed by atoms with Gasteiger partial charge < -0.3 is 20.1 Å². The van der Waals surface area contributed by atoms with E-state index in [1.54, 1.807) is 44.2 Å². The topological polar surface area (TPSA) is 100 Å². The molecule has 1 atom stereocenters. The Morgan fingerprint density at radius 3 is 2.56 bits per heavy atom. The van der Waals surface area contributed by atoms with Crippen LogP contribution in [0.4, 0.5) is 4.39 Å². The molecule has 32 heavy (non-hydrogen) atoms. The van der Waals surface area contributed by atoms with Gasteiger partial charge in [0.15, 0.2) is 6.61 Å². The Morgan fingerprint density at radius 1 is 1.19 bits per heavy atom. The number of hydrogen-bond donors (Lipinski definition) is 2. The van der Waals surface area contributed by atoms with Gasteiger partial charge in [-0.25, -0.2) is 4.39 Å². The monoisotopic (exact) mass is 459 g/mol. The highest BCUT2D eigenvalue weighted by Crippen LogP contribution is 2.20. The lowest BCUT2D eigenvalue weighted by Crippen LogP contribution is -2.35. The molecule has 0 bridgehead atoms. The van der Waals surface area contributed by atoms with E-state index < -0.39 is 11.7 Å². The molecule has 0 aliphatic carbocycles. The summed E-state index contributed by atoms with van der Waals surface area (Å²) < 4.78 is 24.0. The molecule has 0 aliphatic rings. The maximum atomic E-state index is 13.4. The molecule has 2 rings (SSSR count). The summed E-state index contributed by atoms with van der Waals surface area (Å²) in [7, 11) is 0. The van der Waals surface area contributed by atoms with Crippen molar-refractivity contribution in [2.24, 2.45) is 0 Å². The number of carbonyl (C=O) groups excluding carboxylic acids is 2. The number of carbonyl (C=O) groups is 2. The van der Waals surface area contributed by atoms with E-state index in [0.29, 0.717) is 11.3 Å². The SMILES string of the molecule is C/C(=C\C(C)NC(=O)COCc1ccc(C#N)cc1)NC(=O)COc1ccc(Cl)c(F)c1. The maximum absolute atomic E-state index is 13.4. The zero-order chi connectivity index (χ0) is 23.5. The second kappa shape index (κ2) is 12.4. The molecule has 2 aromatic rings. The molecule has 168 valence electrons. The summed E-state index contributed by atoms with van der Waals surface area (Å²) in [5.41, 5.74) is 1.93. The third kappa shape index (κ3) is 8.76. The Balaban J connectivity index is 1.69. The summed E-state index contributed by atoms with van der Waals surface area (Å²) in [5.74, 6) is -1.19. The van der Waals surface area contributed by atoms with Gasteiger partial charge in [0.05, 0.1) is 23.3 Å². The average Bonchev–Trinajstić information content (AvgIpc) is 2.74. The lowest BCUT2D eigenvalue weighted by Gasteiger charge is -2.13. The van der Waals surface area contributed by atoms with Crippen LogP contribution in [0.1, 0.15) is 25.0 Å². The molecule has 0 saturated carbocycles. The Bertz CT molecular complexity index is 1020. The molecule has 0 heterocycles. The van der Waals surface area contributed by atoms with E-state index in [9.17, 15) is 14.0 Å². The quantitative estimate of drug-likeness (QED) is 0.566. The fraction of sp³-hybridized carbons (Fsp3) is 0.261. The van der Waals surface area contributed by atoms with Gasteiger partial charge in [-0.3, -0.25) is 9.59 Å². The summed E-state index contributed by atoms with van der Waals surface area (Å²) in [6.07, 6.45) is 1.67. The first-order valence-corrected chi connectivity index (χ1v) is 10.1. The van der Waals surface area contributed by atoms with Crippen molar-refractivity contribution >= 4 is 23.4 Å². The predicted octanol–water partition coefficient (Wildman–Crippen LogP) is 3.47.